The maximum Gasteiger partial charge on any atom is 0.187 e. The quantitative estimate of drug-likeness (QED) is 0.221. The highest BCUT2D eigenvalue weighted by Crippen LogP contribution is 2.41. The second-order valence-corrected chi connectivity index (χ2v) is 10.9. The highest BCUT2D eigenvalue weighted by molar-refractivity contribution is 5.67. The fourth-order valence-electron chi connectivity index (χ4n) is 5.09. The third-order valence-electron chi connectivity index (χ3n) is 7.88. The molecule has 39 heavy (non-hydrogen) atoms. The lowest BCUT2D eigenvalue weighted by Gasteiger charge is -2.32. The van der Waals surface area contributed by atoms with Gasteiger partial charge >= 0.3 is 0 Å². The third kappa shape index (κ3) is 5.62. The molecule has 4 aromatic rings. The van der Waals surface area contributed by atoms with Crippen LogP contribution in [0.25, 0.3) is 27.4 Å². The molecule has 0 saturated carbocycles. The smallest absolute Gasteiger partial charge is 0.187 e. The van der Waals surface area contributed by atoms with Crippen LogP contribution in [0.2, 0.25) is 0 Å². The summed E-state index contributed by atoms with van der Waals surface area (Å²) in [4.78, 5) is 14.2. The van der Waals surface area contributed by atoms with E-state index in [1.54, 1.807) is 0 Å². The normalized spacial score (nSPS) is 12.8. The predicted octanol–water partition coefficient (Wildman–Crippen LogP) is 9.59. The van der Waals surface area contributed by atoms with Crippen LogP contribution in [0, 0.1) is 17.9 Å². The van der Waals surface area contributed by atoms with Crippen molar-refractivity contribution < 1.29 is 0 Å². The van der Waals surface area contributed by atoms with E-state index in [-0.39, 0.29) is 0 Å². The average Bonchev–Trinajstić information content (AvgIpc) is 2.99. The van der Waals surface area contributed by atoms with Gasteiger partial charge in [0.25, 0.3) is 0 Å². The van der Waals surface area contributed by atoms with Crippen molar-refractivity contribution in [3.05, 3.63) is 112 Å². The van der Waals surface area contributed by atoms with Crippen LogP contribution in [-0.4, -0.2) is 9.97 Å². The number of aromatic nitrogens is 2. The number of pyridine rings is 2. The van der Waals surface area contributed by atoms with Crippen LogP contribution in [0.1, 0.15) is 94.3 Å². The van der Waals surface area contributed by atoms with E-state index in [4.69, 9.17) is 16.5 Å². The molecule has 0 amide bonds. The number of benzene rings is 2. The molecule has 0 aliphatic rings. The molecule has 2 atom stereocenters. The van der Waals surface area contributed by atoms with Gasteiger partial charge in [0.1, 0.15) is 0 Å². The summed E-state index contributed by atoms with van der Waals surface area (Å²) >= 11 is 0. The Morgan fingerprint density at radius 3 is 1.79 bits per heavy atom. The fourth-order valence-corrected chi connectivity index (χ4v) is 5.09. The summed E-state index contributed by atoms with van der Waals surface area (Å²) in [6, 6.07) is 26.1. The molecule has 2 aromatic heterocycles. The number of hydrogen-bond acceptors (Lipinski definition) is 3. The Labute approximate surface area is 233 Å². The first-order valence-corrected chi connectivity index (χ1v) is 13.7. The topological polar surface area (TPSA) is 53.9 Å². The van der Waals surface area contributed by atoms with Gasteiger partial charge in [-0.15, -0.1) is 0 Å². The maximum atomic E-state index is 9.45. The lowest BCUT2D eigenvalue weighted by molar-refractivity contribution is 0.556. The van der Waals surface area contributed by atoms with Crippen molar-refractivity contribution in [2.75, 3.05) is 0 Å². The summed E-state index contributed by atoms with van der Waals surface area (Å²) in [7, 11) is 0. The van der Waals surface area contributed by atoms with E-state index in [2.05, 4.69) is 76.7 Å². The number of hydrogen-bond donors (Lipinski definition) is 0. The fraction of sp³-hybridized carbons (Fsp3) is 0.314. The van der Waals surface area contributed by atoms with E-state index in [1.165, 1.54) is 11.1 Å². The second-order valence-electron chi connectivity index (χ2n) is 10.9. The molecule has 0 saturated heterocycles. The molecule has 0 aliphatic heterocycles. The molecule has 0 N–H and O–H groups in total. The van der Waals surface area contributed by atoms with Gasteiger partial charge in [0.15, 0.2) is 5.69 Å². The van der Waals surface area contributed by atoms with Crippen LogP contribution in [0.3, 0.4) is 0 Å². The van der Waals surface area contributed by atoms with Crippen LogP contribution in [0.5, 0.6) is 0 Å². The summed E-state index contributed by atoms with van der Waals surface area (Å²) in [6.07, 6.45) is 2.01. The minimum absolute atomic E-state index is 0.330. The molecular weight excluding hydrogens is 476 g/mol. The molecule has 0 fully saturated rings. The molecule has 2 unspecified atom stereocenters. The summed E-state index contributed by atoms with van der Waals surface area (Å²) in [5.41, 5.74) is 8.80. The summed E-state index contributed by atoms with van der Waals surface area (Å²) < 4.78 is 0. The van der Waals surface area contributed by atoms with Crippen LogP contribution >= 0.6 is 0 Å². The SMILES string of the molecule is [C-]#[N+]c1cccc(-c2ccc(C(C)CC)c(C(C)(C)c3nc(-c4cccc(C#N)c4)ccc3C(C)CC)n2)c1. The van der Waals surface area contributed by atoms with Crippen molar-refractivity contribution in [1.82, 2.24) is 9.97 Å². The van der Waals surface area contributed by atoms with Crippen LogP contribution in [0.15, 0.2) is 72.8 Å². The Balaban J connectivity index is 1.97. The first-order chi connectivity index (χ1) is 18.7. The molecule has 4 heteroatoms. The molecule has 0 radical (unpaired) electrons. The van der Waals surface area contributed by atoms with Crippen molar-refractivity contribution in [3.63, 3.8) is 0 Å². The lowest BCUT2D eigenvalue weighted by atomic mass is 9.75. The summed E-state index contributed by atoms with van der Waals surface area (Å²) in [5, 5.41) is 9.45. The predicted molar refractivity (Wildman–Crippen MR) is 160 cm³/mol. The van der Waals surface area contributed by atoms with E-state index >= 15 is 0 Å². The first-order valence-electron chi connectivity index (χ1n) is 13.7. The zero-order valence-electron chi connectivity index (χ0n) is 23.8. The van der Waals surface area contributed by atoms with Crippen molar-refractivity contribution in [2.45, 2.75) is 71.6 Å². The molecule has 0 bridgehead atoms. The van der Waals surface area contributed by atoms with Gasteiger partial charge in [-0.3, -0.25) is 9.97 Å². The molecule has 4 nitrogen and oxygen atoms in total. The Morgan fingerprint density at radius 1 is 0.795 bits per heavy atom. The van der Waals surface area contributed by atoms with Crippen molar-refractivity contribution in [3.8, 4) is 28.6 Å². The largest absolute Gasteiger partial charge is 0.252 e. The number of nitrogens with zero attached hydrogens (tertiary/aromatic N) is 4. The van der Waals surface area contributed by atoms with Gasteiger partial charge in [-0.1, -0.05) is 70.2 Å². The Morgan fingerprint density at radius 2 is 1.31 bits per heavy atom. The van der Waals surface area contributed by atoms with Gasteiger partial charge in [-0.25, -0.2) is 4.85 Å². The first kappa shape index (κ1) is 27.7. The van der Waals surface area contributed by atoms with Gasteiger partial charge in [0.2, 0.25) is 0 Å². The second kappa shape index (κ2) is 11.6. The minimum atomic E-state index is -0.492. The van der Waals surface area contributed by atoms with Gasteiger partial charge < -0.3 is 0 Å². The van der Waals surface area contributed by atoms with E-state index in [1.807, 2.05) is 48.5 Å². The van der Waals surface area contributed by atoms with E-state index < -0.39 is 5.41 Å². The summed E-state index contributed by atoms with van der Waals surface area (Å²) in [6.45, 7) is 20.8. The maximum absolute atomic E-state index is 9.45. The highest BCUT2D eigenvalue weighted by atomic mass is 14.8. The molecule has 2 heterocycles. The average molecular weight is 513 g/mol. The molecular formula is C35H36N4. The Bertz CT molecular complexity index is 1450. The zero-order valence-corrected chi connectivity index (χ0v) is 23.8. The monoisotopic (exact) mass is 512 g/mol. The molecule has 0 aliphatic carbocycles. The third-order valence-corrected chi connectivity index (χ3v) is 7.88. The minimum Gasteiger partial charge on any atom is -0.252 e. The zero-order chi connectivity index (χ0) is 28.2. The molecule has 196 valence electrons. The molecule has 2 aromatic carbocycles. The number of rotatable bonds is 8. The van der Waals surface area contributed by atoms with Crippen LogP contribution < -0.4 is 0 Å². The van der Waals surface area contributed by atoms with Crippen molar-refractivity contribution >= 4 is 5.69 Å². The lowest BCUT2D eigenvalue weighted by Crippen LogP contribution is -2.27. The Hall–Kier alpha value is -4.28. The molecule has 4 rings (SSSR count). The van der Waals surface area contributed by atoms with Gasteiger partial charge in [-0.05, 0) is 85.5 Å². The summed E-state index contributed by atoms with van der Waals surface area (Å²) in [5.74, 6) is 0.662. The Kier molecular flexibility index (Phi) is 8.27. The van der Waals surface area contributed by atoms with E-state index in [0.717, 1.165) is 46.7 Å². The number of nitriles is 1. The standard InChI is InChI=1S/C35H36N4/c1-8-23(3)29-16-18-31(26-13-10-12-25(20-26)22-36)38-33(29)35(5,6)34-30(24(4)9-2)17-19-32(39-34)27-14-11-15-28(21-27)37-7/h10-21,23-24H,8-9H2,1-6H3. The van der Waals surface area contributed by atoms with Crippen molar-refractivity contribution in [1.29, 1.82) is 5.26 Å². The van der Waals surface area contributed by atoms with Gasteiger partial charge in [0.05, 0.1) is 41.0 Å². The molecule has 0 spiro atoms. The van der Waals surface area contributed by atoms with Crippen LogP contribution in [-0.2, 0) is 5.41 Å². The highest BCUT2D eigenvalue weighted by Gasteiger charge is 2.34. The van der Waals surface area contributed by atoms with E-state index in [9.17, 15) is 5.26 Å². The van der Waals surface area contributed by atoms with Gasteiger partial charge in [0, 0.05) is 11.0 Å². The van der Waals surface area contributed by atoms with Crippen molar-refractivity contribution in [2.24, 2.45) is 0 Å². The van der Waals surface area contributed by atoms with Gasteiger partial charge in [-0.2, -0.15) is 5.26 Å². The van der Waals surface area contributed by atoms with E-state index in [0.29, 0.717) is 23.1 Å². The van der Waals surface area contributed by atoms with Crippen LogP contribution in [0.4, 0.5) is 5.69 Å².